The molecule has 3 rings (SSSR count). The number of ether oxygens (including phenoxy) is 1. The molecule has 6 heteroatoms. The molecule has 6 nitrogen and oxygen atoms in total. The molecule has 0 spiro atoms. The number of nitrogens with one attached hydrogen (secondary N) is 1. The maximum Gasteiger partial charge on any atom is 0.413 e. The van der Waals surface area contributed by atoms with Gasteiger partial charge < -0.3 is 14.5 Å². The number of para-hydroxylation sites is 1. The van der Waals surface area contributed by atoms with Gasteiger partial charge >= 0.3 is 6.09 Å². The number of rotatable bonds is 4. The summed E-state index contributed by atoms with van der Waals surface area (Å²) < 4.78 is 10.6. The lowest BCUT2D eigenvalue weighted by Crippen LogP contribution is -2.26. The minimum Gasteiger partial charge on any atom is -0.419 e. The summed E-state index contributed by atoms with van der Waals surface area (Å²) in [5.41, 5.74) is 1.99. The first-order valence-corrected chi connectivity index (χ1v) is 7.11. The summed E-state index contributed by atoms with van der Waals surface area (Å²) in [5.74, 6) is 1.19. The Morgan fingerprint density at radius 2 is 1.83 bits per heavy atom. The van der Waals surface area contributed by atoms with E-state index in [0.29, 0.717) is 17.5 Å². The van der Waals surface area contributed by atoms with E-state index in [9.17, 15) is 4.79 Å². The number of amides is 1. The zero-order valence-corrected chi connectivity index (χ0v) is 12.5. The van der Waals surface area contributed by atoms with Crippen LogP contribution < -0.4 is 10.1 Å². The third-order valence-electron chi connectivity index (χ3n) is 3.10. The maximum atomic E-state index is 11.7. The standard InChI is InChI=1S/C17H15N3O3/c1-12-7-9-13(10-8-12)16-20-19-15(23-16)11-18-17(21)22-14-5-3-2-4-6-14/h2-10H,11H2,1H3,(H,18,21). The molecule has 116 valence electrons. The molecule has 0 unspecified atom stereocenters. The first-order valence-electron chi connectivity index (χ1n) is 7.11. The monoisotopic (exact) mass is 309 g/mol. The molecule has 2 aromatic carbocycles. The van der Waals surface area contributed by atoms with Crippen LogP contribution in [0.4, 0.5) is 4.79 Å². The van der Waals surface area contributed by atoms with Crippen LogP contribution in [0.2, 0.25) is 0 Å². The summed E-state index contributed by atoms with van der Waals surface area (Å²) in [5, 5.41) is 10.4. The molecule has 1 amide bonds. The average Bonchev–Trinajstić information content (AvgIpc) is 3.04. The van der Waals surface area contributed by atoms with Crippen LogP contribution in [-0.4, -0.2) is 16.3 Å². The van der Waals surface area contributed by atoms with Gasteiger partial charge in [-0.1, -0.05) is 35.9 Å². The van der Waals surface area contributed by atoms with E-state index in [1.165, 1.54) is 0 Å². The van der Waals surface area contributed by atoms with Gasteiger partial charge in [-0.2, -0.15) is 0 Å². The number of carbonyl (C=O) groups is 1. The Kier molecular flexibility index (Phi) is 4.33. The van der Waals surface area contributed by atoms with Gasteiger partial charge in [-0.25, -0.2) is 4.79 Å². The number of aryl methyl sites for hydroxylation is 1. The predicted octanol–water partition coefficient (Wildman–Crippen LogP) is 3.33. The summed E-state index contributed by atoms with van der Waals surface area (Å²) in [6, 6.07) is 16.6. The highest BCUT2D eigenvalue weighted by Crippen LogP contribution is 2.18. The molecular formula is C17H15N3O3. The molecule has 0 fully saturated rings. The zero-order valence-electron chi connectivity index (χ0n) is 12.5. The van der Waals surface area contributed by atoms with Gasteiger partial charge in [-0.05, 0) is 31.2 Å². The highest BCUT2D eigenvalue weighted by Gasteiger charge is 2.10. The molecule has 1 heterocycles. The van der Waals surface area contributed by atoms with Crippen LogP contribution in [0.15, 0.2) is 59.0 Å². The topological polar surface area (TPSA) is 77.2 Å². The molecule has 0 aliphatic rings. The van der Waals surface area contributed by atoms with Crippen LogP contribution in [0.3, 0.4) is 0 Å². The molecule has 1 aromatic heterocycles. The van der Waals surface area contributed by atoms with E-state index in [1.54, 1.807) is 24.3 Å². The first kappa shape index (κ1) is 14.8. The van der Waals surface area contributed by atoms with Crippen LogP contribution in [0.5, 0.6) is 5.75 Å². The van der Waals surface area contributed by atoms with Gasteiger partial charge in [0.1, 0.15) is 5.75 Å². The van der Waals surface area contributed by atoms with Crippen molar-refractivity contribution in [2.75, 3.05) is 0 Å². The highest BCUT2D eigenvalue weighted by atomic mass is 16.6. The molecule has 3 aromatic rings. The Morgan fingerprint density at radius 1 is 1.09 bits per heavy atom. The molecule has 0 radical (unpaired) electrons. The van der Waals surface area contributed by atoms with Crippen LogP contribution >= 0.6 is 0 Å². The second-order valence-electron chi connectivity index (χ2n) is 4.92. The summed E-state index contributed by atoms with van der Waals surface area (Å²) in [4.78, 5) is 11.7. The van der Waals surface area contributed by atoms with E-state index in [2.05, 4.69) is 15.5 Å². The second kappa shape index (κ2) is 6.74. The van der Waals surface area contributed by atoms with Crippen molar-refractivity contribution in [3.63, 3.8) is 0 Å². The first-order chi connectivity index (χ1) is 11.2. The zero-order chi connectivity index (χ0) is 16.1. The fraction of sp³-hybridized carbons (Fsp3) is 0.118. The molecule has 0 aliphatic carbocycles. The quantitative estimate of drug-likeness (QED) is 0.800. The number of hydrogen-bond acceptors (Lipinski definition) is 5. The largest absolute Gasteiger partial charge is 0.419 e. The molecule has 23 heavy (non-hydrogen) atoms. The average molecular weight is 309 g/mol. The third-order valence-corrected chi connectivity index (χ3v) is 3.10. The van der Waals surface area contributed by atoms with Crippen LogP contribution in [0.25, 0.3) is 11.5 Å². The molecule has 0 atom stereocenters. The lowest BCUT2D eigenvalue weighted by molar-refractivity contribution is 0.198. The summed E-state index contributed by atoms with van der Waals surface area (Å²) in [7, 11) is 0. The van der Waals surface area contributed by atoms with Crippen LogP contribution in [-0.2, 0) is 6.54 Å². The Balaban J connectivity index is 1.57. The van der Waals surface area contributed by atoms with E-state index in [4.69, 9.17) is 9.15 Å². The van der Waals surface area contributed by atoms with Crippen molar-refractivity contribution in [1.29, 1.82) is 0 Å². The van der Waals surface area contributed by atoms with Gasteiger partial charge in [0.15, 0.2) is 0 Å². The Hall–Kier alpha value is -3.15. The smallest absolute Gasteiger partial charge is 0.413 e. The van der Waals surface area contributed by atoms with E-state index >= 15 is 0 Å². The normalized spacial score (nSPS) is 10.3. The van der Waals surface area contributed by atoms with Crippen molar-refractivity contribution < 1.29 is 13.9 Å². The van der Waals surface area contributed by atoms with Gasteiger partial charge in [0.25, 0.3) is 0 Å². The van der Waals surface area contributed by atoms with Gasteiger partial charge in [-0.3, -0.25) is 0 Å². The van der Waals surface area contributed by atoms with Crippen LogP contribution in [0, 0.1) is 6.92 Å². The van der Waals surface area contributed by atoms with Gasteiger partial charge in [-0.15, -0.1) is 10.2 Å². The number of hydrogen-bond donors (Lipinski definition) is 1. The maximum absolute atomic E-state index is 11.7. The van der Waals surface area contributed by atoms with E-state index in [1.807, 2.05) is 37.3 Å². The van der Waals surface area contributed by atoms with Crippen molar-refractivity contribution >= 4 is 6.09 Å². The van der Waals surface area contributed by atoms with Crippen molar-refractivity contribution in [3.05, 3.63) is 66.1 Å². The molecule has 0 aliphatic heterocycles. The summed E-state index contributed by atoms with van der Waals surface area (Å²) >= 11 is 0. The Bertz CT molecular complexity index is 782. The van der Waals surface area contributed by atoms with Crippen molar-refractivity contribution in [3.8, 4) is 17.2 Å². The van der Waals surface area contributed by atoms with Crippen molar-refractivity contribution in [1.82, 2.24) is 15.5 Å². The molecule has 0 bridgehead atoms. The van der Waals surface area contributed by atoms with Gasteiger partial charge in [0, 0.05) is 5.56 Å². The fourth-order valence-corrected chi connectivity index (χ4v) is 1.92. The molecule has 0 saturated carbocycles. The Labute approximate surface area is 133 Å². The van der Waals surface area contributed by atoms with Gasteiger partial charge in [0.2, 0.25) is 11.8 Å². The third kappa shape index (κ3) is 3.94. The van der Waals surface area contributed by atoms with E-state index in [-0.39, 0.29) is 6.54 Å². The Morgan fingerprint density at radius 3 is 2.57 bits per heavy atom. The minimum absolute atomic E-state index is 0.102. The lowest BCUT2D eigenvalue weighted by Gasteiger charge is -2.04. The summed E-state index contributed by atoms with van der Waals surface area (Å²) in [6.07, 6.45) is -0.578. The lowest BCUT2D eigenvalue weighted by atomic mass is 10.1. The number of benzene rings is 2. The second-order valence-corrected chi connectivity index (χ2v) is 4.92. The van der Waals surface area contributed by atoms with Crippen molar-refractivity contribution in [2.45, 2.75) is 13.5 Å². The highest BCUT2D eigenvalue weighted by molar-refractivity contribution is 5.70. The molecular weight excluding hydrogens is 294 g/mol. The van der Waals surface area contributed by atoms with Crippen molar-refractivity contribution in [2.24, 2.45) is 0 Å². The fourth-order valence-electron chi connectivity index (χ4n) is 1.92. The van der Waals surface area contributed by atoms with Crippen LogP contribution in [0.1, 0.15) is 11.5 Å². The number of nitrogens with zero attached hydrogens (tertiary/aromatic N) is 2. The van der Waals surface area contributed by atoms with E-state index < -0.39 is 6.09 Å². The van der Waals surface area contributed by atoms with Gasteiger partial charge in [0.05, 0.1) is 6.54 Å². The summed E-state index contributed by atoms with van der Waals surface area (Å²) in [6.45, 7) is 2.11. The molecule has 0 saturated heterocycles. The van der Waals surface area contributed by atoms with E-state index in [0.717, 1.165) is 11.1 Å². The number of carbonyl (C=O) groups excluding carboxylic acids is 1. The minimum atomic E-state index is -0.578. The number of aromatic nitrogens is 2. The predicted molar refractivity (Wildman–Crippen MR) is 83.8 cm³/mol. The molecule has 1 N–H and O–H groups in total. The SMILES string of the molecule is Cc1ccc(-c2nnc(CNC(=O)Oc3ccccc3)o2)cc1.